The van der Waals surface area contributed by atoms with Crippen molar-refractivity contribution in [2.75, 3.05) is 18.1 Å². The second-order valence-electron chi connectivity index (χ2n) is 7.52. The summed E-state index contributed by atoms with van der Waals surface area (Å²) in [6.45, 7) is 2.36. The summed E-state index contributed by atoms with van der Waals surface area (Å²) in [6, 6.07) is 20.5. The number of nitrogens with zero attached hydrogens (tertiary/aromatic N) is 2. The van der Waals surface area contributed by atoms with Crippen molar-refractivity contribution in [1.82, 2.24) is 4.98 Å². The highest BCUT2D eigenvalue weighted by Crippen LogP contribution is 2.36. The summed E-state index contributed by atoms with van der Waals surface area (Å²) >= 11 is 0. The Morgan fingerprint density at radius 3 is 2.34 bits per heavy atom. The Bertz CT molecular complexity index is 1150. The molecule has 162 valence electrons. The molecule has 0 spiro atoms. The number of fused-ring (bicyclic) bond motifs is 1. The Morgan fingerprint density at radius 2 is 1.66 bits per heavy atom. The van der Waals surface area contributed by atoms with Crippen LogP contribution in [0.15, 0.2) is 78.5 Å². The number of carbonyl (C=O) groups is 2. The van der Waals surface area contributed by atoms with Crippen LogP contribution in [0.5, 0.6) is 0 Å². The van der Waals surface area contributed by atoms with Gasteiger partial charge in [-0.15, -0.1) is 0 Å². The van der Waals surface area contributed by atoms with Crippen molar-refractivity contribution in [2.24, 2.45) is 0 Å². The van der Waals surface area contributed by atoms with E-state index in [4.69, 9.17) is 4.74 Å². The molecule has 0 unspecified atom stereocenters. The van der Waals surface area contributed by atoms with Crippen molar-refractivity contribution in [3.05, 3.63) is 95.2 Å². The summed E-state index contributed by atoms with van der Waals surface area (Å²) in [5, 5.41) is 10.9. The lowest BCUT2D eigenvalue weighted by Crippen LogP contribution is -2.30. The Morgan fingerprint density at radius 1 is 0.969 bits per heavy atom. The molecular weight excluding hydrogens is 404 g/mol. The number of rotatable bonds is 7. The molecular formula is C26H24N2O4. The fourth-order valence-corrected chi connectivity index (χ4v) is 3.75. The molecule has 2 heterocycles. The van der Waals surface area contributed by atoms with Gasteiger partial charge in [0.25, 0.3) is 0 Å². The van der Waals surface area contributed by atoms with Crippen LogP contribution in [0.1, 0.15) is 23.6 Å². The van der Waals surface area contributed by atoms with Gasteiger partial charge in [0.15, 0.2) is 5.78 Å². The van der Waals surface area contributed by atoms with Gasteiger partial charge >= 0.3 is 5.97 Å². The van der Waals surface area contributed by atoms with Crippen LogP contribution >= 0.6 is 0 Å². The minimum absolute atomic E-state index is 0.0239. The molecule has 0 saturated heterocycles. The van der Waals surface area contributed by atoms with Crippen LogP contribution in [0.3, 0.4) is 0 Å². The van der Waals surface area contributed by atoms with Crippen LogP contribution in [-0.4, -0.2) is 35.0 Å². The van der Waals surface area contributed by atoms with Crippen LogP contribution in [0, 0.1) is 0 Å². The molecule has 1 aromatic heterocycles. The van der Waals surface area contributed by atoms with E-state index in [0.29, 0.717) is 23.6 Å². The maximum atomic E-state index is 13.2. The molecule has 0 saturated carbocycles. The van der Waals surface area contributed by atoms with Crippen molar-refractivity contribution >= 4 is 29.0 Å². The van der Waals surface area contributed by atoms with E-state index in [1.807, 2.05) is 59.5 Å². The lowest BCUT2D eigenvalue weighted by atomic mass is 9.95. The largest absolute Gasteiger partial charge is 0.507 e. The monoisotopic (exact) mass is 428 g/mol. The van der Waals surface area contributed by atoms with Crippen LogP contribution < -0.4 is 4.90 Å². The fourth-order valence-electron chi connectivity index (χ4n) is 3.75. The third-order valence-corrected chi connectivity index (χ3v) is 5.35. The number of aromatic nitrogens is 1. The van der Waals surface area contributed by atoms with E-state index >= 15 is 0 Å². The van der Waals surface area contributed by atoms with E-state index in [1.165, 1.54) is 0 Å². The number of hydrogen-bond acceptors (Lipinski definition) is 6. The number of ether oxygens (including phenoxy) is 1. The van der Waals surface area contributed by atoms with Gasteiger partial charge in [-0.2, -0.15) is 0 Å². The average Bonchev–Trinajstić information content (AvgIpc) is 2.81. The van der Waals surface area contributed by atoms with Gasteiger partial charge in [-0.3, -0.25) is 9.59 Å². The molecule has 4 rings (SSSR count). The molecule has 0 fully saturated rings. The lowest BCUT2D eigenvalue weighted by molar-refractivity contribution is -0.142. The predicted molar refractivity (Wildman–Crippen MR) is 123 cm³/mol. The molecule has 0 atom stereocenters. The van der Waals surface area contributed by atoms with E-state index in [9.17, 15) is 14.7 Å². The van der Waals surface area contributed by atoms with Gasteiger partial charge in [0.1, 0.15) is 11.6 Å². The molecule has 3 aromatic rings. The zero-order valence-corrected chi connectivity index (χ0v) is 17.8. The van der Waals surface area contributed by atoms with Gasteiger partial charge in [-0.25, -0.2) is 4.98 Å². The number of carbonyl (C=O) groups excluding carboxylic acids is 2. The van der Waals surface area contributed by atoms with Crippen molar-refractivity contribution < 1.29 is 19.4 Å². The first-order valence-corrected chi connectivity index (χ1v) is 10.5. The van der Waals surface area contributed by atoms with Crippen molar-refractivity contribution in [1.29, 1.82) is 0 Å². The van der Waals surface area contributed by atoms with Crippen LogP contribution in [0.4, 0.5) is 11.5 Å². The molecule has 2 aromatic carbocycles. The zero-order valence-electron chi connectivity index (χ0n) is 17.8. The maximum Gasteiger partial charge on any atom is 0.310 e. The zero-order chi connectivity index (χ0) is 22.5. The van der Waals surface area contributed by atoms with Gasteiger partial charge in [-0.05, 0) is 42.3 Å². The molecule has 0 radical (unpaired) electrons. The average molecular weight is 428 g/mol. The number of hydrogen-bond donors (Lipinski definition) is 1. The summed E-state index contributed by atoms with van der Waals surface area (Å²) in [7, 11) is 0. The molecule has 32 heavy (non-hydrogen) atoms. The second-order valence-corrected chi connectivity index (χ2v) is 7.52. The van der Waals surface area contributed by atoms with Crippen molar-refractivity contribution in [3.8, 4) is 0 Å². The molecule has 1 aliphatic rings. The Labute approximate surface area is 186 Å². The summed E-state index contributed by atoms with van der Waals surface area (Å²) in [6.07, 6.45) is 2.02. The quantitative estimate of drug-likeness (QED) is 0.561. The molecule has 6 nitrogen and oxygen atoms in total. The highest BCUT2D eigenvalue weighted by molar-refractivity contribution is 6.05. The van der Waals surface area contributed by atoms with Gasteiger partial charge in [0, 0.05) is 18.3 Å². The Kier molecular flexibility index (Phi) is 6.31. The first-order chi connectivity index (χ1) is 15.6. The first kappa shape index (κ1) is 21.3. The SMILES string of the molecule is CCOC(=O)Cc1ccc(CC(=O)C2=C(O)c3cccnc3N(c3ccccc3)C2)cc1. The molecule has 6 heteroatoms. The van der Waals surface area contributed by atoms with Crippen LogP contribution in [0.2, 0.25) is 0 Å². The second kappa shape index (κ2) is 9.47. The van der Waals surface area contributed by atoms with E-state index in [1.54, 1.807) is 25.3 Å². The minimum Gasteiger partial charge on any atom is -0.507 e. The molecule has 0 aliphatic carbocycles. The summed E-state index contributed by atoms with van der Waals surface area (Å²) < 4.78 is 4.97. The van der Waals surface area contributed by atoms with Gasteiger partial charge in [0.05, 0.1) is 30.7 Å². The standard InChI is InChI=1S/C26H24N2O4/c1-2-32-24(30)16-19-12-10-18(11-13-19)15-23(29)22-17-28(20-7-4-3-5-8-20)26-21(25(22)31)9-6-14-27-26/h3-14,31H,2,15-17H2,1H3. The van der Waals surface area contributed by atoms with E-state index in [2.05, 4.69) is 4.98 Å². The Hall–Kier alpha value is -3.93. The highest BCUT2D eigenvalue weighted by atomic mass is 16.5. The van der Waals surface area contributed by atoms with E-state index in [-0.39, 0.29) is 36.9 Å². The number of para-hydroxylation sites is 1. The molecule has 0 amide bonds. The number of anilines is 2. The number of benzene rings is 2. The van der Waals surface area contributed by atoms with E-state index in [0.717, 1.165) is 16.8 Å². The van der Waals surface area contributed by atoms with Gasteiger partial charge < -0.3 is 14.7 Å². The third kappa shape index (κ3) is 4.54. The van der Waals surface area contributed by atoms with Gasteiger partial charge in [-0.1, -0.05) is 42.5 Å². The first-order valence-electron chi connectivity index (χ1n) is 10.5. The van der Waals surface area contributed by atoms with Crippen LogP contribution in [-0.2, 0) is 27.2 Å². The minimum atomic E-state index is -0.276. The predicted octanol–water partition coefficient (Wildman–Crippen LogP) is 4.42. The third-order valence-electron chi connectivity index (χ3n) is 5.35. The summed E-state index contributed by atoms with van der Waals surface area (Å²) in [4.78, 5) is 31.2. The number of esters is 1. The highest BCUT2D eigenvalue weighted by Gasteiger charge is 2.29. The number of ketones is 1. The maximum absolute atomic E-state index is 13.2. The number of pyridine rings is 1. The number of Topliss-reactive ketones (excluding diaryl/α,β-unsaturated/α-hetero) is 1. The van der Waals surface area contributed by atoms with Crippen LogP contribution in [0.25, 0.3) is 5.76 Å². The summed E-state index contributed by atoms with van der Waals surface area (Å²) in [5.41, 5.74) is 3.43. The fraction of sp³-hybridized carbons (Fsp3) is 0.192. The summed E-state index contributed by atoms with van der Waals surface area (Å²) in [5.74, 6) is 0.165. The smallest absolute Gasteiger partial charge is 0.310 e. The van der Waals surface area contributed by atoms with Crippen molar-refractivity contribution in [3.63, 3.8) is 0 Å². The molecule has 1 aliphatic heterocycles. The topological polar surface area (TPSA) is 79.7 Å². The molecule has 0 bridgehead atoms. The normalized spacial score (nSPS) is 13.0. The molecule has 1 N–H and O–H groups in total. The number of aliphatic hydroxyl groups excluding tert-OH is 1. The Balaban J connectivity index is 1.56. The van der Waals surface area contributed by atoms with E-state index < -0.39 is 0 Å². The van der Waals surface area contributed by atoms with Gasteiger partial charge in [0.2, 0.25) is 0 Å². The number of aliphatic hydroxyl groups is 1. The lowest BCUT2D eigenvalue weighted by Gasteiger charge is -2.31. The van der Waals surface area contributed by atoms with Crippen molar-refractivity contribution in [2.45, 2.75) is 19.8 Å².